The smallest absolute Gasteiger partial charge is 0.308 e. The third-order valence-corrected chi connectivity index (χ3v) is 4.50. The van der Waals surface area contributed by atoms with Crippen molar-refractivity contribution < 1.29 is 28.6 Å². The van der Waals surface area contributed by atoms with Crippen LogP contribution in [0, 0.1) is 5.92 Å². The summed E-state index contributed by atoms with van der Waals surface area (Å²) < 4.78 is 15.1. The Kier molecular flexibility index (Phi) is 8.90. The number of piperidine rings is 1. The van der Waals surface area contributed by atoms with Crippen LogP contribution in [-0.4, -0.2) is 69.2 Å². The van der Waals surface area contributed by atoms with Crippen LogP contribution in [0.25, 0.3) is 0 Å². The summed E-state index contributed by atoms with van der Waals surface area (Å²) in [4.78, 5) is 37.3. The number of rotatable bonds is 9. The van der Waals surface area contributed by atoms with E-state index in [4.69, 9.17) is 14.2 Å². The van der Waals surface area contributed by atoms with Gasteiger partial charge in [-0.2, -0.15) is 0 Å². The minimum Gasteiger partial charge on any atom is -0.427 e. The lowest BCUT2D eigenvalue weighted by Gasteiger charge is -2.32. The molecule has 2 amide bonds. The highest BCUT2D eigenvalue weighted by molar-refractivity contribution is 5.94. The number of ether oxygens (including phenoxy) is 3. The van der Waals surface area contributed by atoms with Gasteiger partial charge in [0.05, 0.1) is 13.2 Å². The minimum atomic E-state index is -0.420. The van der Waals surface area contributed by atoms with Crippen LogP contribution < -0.4 is 10.1 Å². The van der Waals surface area contributed by atoms with Crippen LogP contribution in [0.1, 0.15) is 30.1 Å². The van der Waals surface area contributed by atoms with Crippen LogP contribution in [0.15, 0.2) is 24.3 Å². The van der Waals surface area contributed by atoms with Crippen molar-refractivity contribution in [2.75, 3.05) is 46.6 Å². The summed E-state index contributed by atoms with van der Waals surface area (Å²) in [7, 11) is 1.58. The van der Waals surface area contributed by atoms with Crippen LogP contribution >= 0.6 is 0 Å². The summed E-state index contributed by atoms with van der Waals surface area (Å²) in [5, 5.41) is 2.87. The molecule has 1 saturated heterocycles. The summed E-state index contributed by atoms with van der Waals surface area (Å²) >= 11 is 0. The molecule has 154 valence electrons. The topological polar surface area (TPSA) is 94.2 Å². The highest BCUT2D eigenvalue weighted by Gasteiger charge is 2.24. The van der Waals surface area contributed by atoms with Gasteiger partial charge in [0.2, 0.25) is 5.91 Å². The molecule has 1 aromatic carbocycles. The predicted molar refractivity (Wildman–Crippen MR) is 102 cm³/mol. The van der Waals surface area contributed by atoms with Crippen LogP contribution in [0.2, 0.25) is 0 Å². The molecule has 1 aliphatic rings. The van der Waals surface area contributed by atoms with Gasteiger partial charge >= 0.3 is 5.97 Å². The lowest BCUT2D eigenvalue weighted by atomic mass is 9.96. The first-order valence-electron chi connectivity index (χ1n) is 9.40. The quantitative estimate of drug-likeness (QED) is 0.386. The van der Waals surface area contributed by atoms with E-state index in [9.17, 15) is 14.4 Å². The summed E-state index contributed by atoms with van der Waals surface area (Å²) in [5.74, 6) is 0.0551. The van der Waals surface area contributed by atoms with Crippen molar-refractivity contribution in [3.8, 4) is 5.75 Å². The highest BCUT2D eigenvalue weighted by atomic mass is 16.5. The number of hydrogen-bond acceptors (Lipinski definition) is 6. The number of nitrogens with one attached hydrogen (secondary N) is 1. The van der Waals surface area contributed by atoms with Crippen LogP contribution in [0.5, 0.6) is 5.75 Å². The molecule has 0 spiro atoms. The van der Waals surface area contributed by atoms with Crippen LogP contribution in [0.3, 0.4) is 0 Å². The molecule has 1 fully saturated rings. The summed E-state index contributed by atoms with van der Waals surface area (Å²) in [6, 6.07) is 6.64. The molecule has 28 heavy (non-hydrogen) atoms. The van der Waals surface area contributed by atoms with E-state index >= 15 is 0 Å². The third kappa shape index (κ3) is 7.28. The molecule has 0 unspecified atom stereocenters. The van der Waals surface area contributed by atoms with Gasteiger partial charge in [0.25, 0.3) is 5.91 Å². The number of benzene rings is 1. The number of amides is 2. The van der Waals surface area contributed by atoms with Crippen molar-refractivity contribution in [1.82, 2.24) is 10.2 Å². The fourth-order valence-electron chi connectivity index (χ4n) is 3.00. The van der Waals surface area contributed by atoms with Gasteiger partial charge in [-0.3, -0.25) is 14.4 Å². The Bertz CT molecular complexity index is 670. The van der Waals surface area contributed by atoms with Crippen LogP contribution in [-0.2, 0) is 19.1 Å². The lowest BCUT2D eigenvalue weighted by Crippen LogP contribution is -2.42. The molecule has 1 heterocycles. The SMILES string of the molecule is COCCOCC(=O)NCC1CCN(C(=O)c2cccc(OC(C)=O)c2)CC1. The predicted octanol–water partition coefficient (Wildman–Crippen LogP) is 1.24. The molecule has 0 aliphatic carbocycles. The summed E-state index contributed by atoms with van der Waals surface area (Å²) in [6.07, 6.45) is 1.64. The zero-order valence-corrected chi connectivity index (χ0v) is 16.4. The fraction of sp³-hybridized carbons (Fsp3) is 0.550. The number of esters is 1. The zero-order chi connectivity index (χ0) is 20.4. The molecule has 8 heteroatoms. The maximum Gasteiger partial charge on any atom is 0.308 e. The highest BCUT2D eigenvalue weighted by Crippen LogP contribution is 2.20. The second kappa shape index (κ2) is 11.4. The first-order chi connectivity index (χ1) is 13.5. The van der Waals surface area contributed by atoms with Gasteiger partial charge < -0.3 is 24.4 Å². The molecule has 0 aromatic heterocycles. The Morgan fingerprint density at radius 1 is 1.18 bits per heavy atom. The molecule has 0 atom stereocenters. The molecular formula is C20H28N2O6. The standard InChI is InChI=1S/C20H28N2O6/c1-15(23)28-18-5-3-4-17(12-18)20(25)22-8-6-16(7-9-22)13-21-19(24)14-27-11-10-26-2/h3-5,12,16H,6-11,13-14H2,1-2H3,(H,21,24). The van der Waals surface area contributed by atoms with E-state index in [0.717, 1.165) is 12.8 Å². The maximum absolute atomic E-state index is 12.7. The molecule has 2 rings (SSSR count). The Balaban J connectivity index is 1.73. The molecule has 8 nitrogen and oxygen atoms in total. The largest absolute Gasteiger partial charge is 0.427 e. The Morgan fingerprint density at radius 2 is 1.93 bits per heavy atom. The third-order valence-electron chi connectivity index (χ3n) is 4.50. The Morgan fingerprint density at radius 3 is 2.61 bits per heavy atom. The Labute approximate surface area is 165 Å². The first kappa shape index (κ1) is 21.8. The van der Waals surface area contributed by atoms with Gasteiger partial charge in [0, 0.05) is 39.2 Å². The van der Waals surface area contributed by atoms with Gasteiger partial charge in [-0.05, 0) is 37.0 Å². The van der Waals surface area contributed by atoms with Crippen molar-refractivity contribution in [3.05, 3.63) is 29.8 Å². The summed E-state index contributed by atoms with van der Waals surface area (Å²) in [6.45, 7) is 4.04. The first-order valence-corrected chi connectivity index (χ1v) is 9.40. The van der Waals surface area contributed by atoms with Crippen molar-refractivity contribution in [3.63, 3.8) is 0 Å². The second-order valence-electron chi connectivity index (χ2n) is 6.71. The zero-order valence-electron chi connectivity index (χ0n) is 16.4. The molecule has 0 saturated carbocycles. The van der Waals surface area contributed by atoms with E-state index in [0.29, 0.717) is 50.1 Å². The van der Waals surface area contributed by atoms with E-state index < -0.39 is 5.97 Å². The molecular weight excluding hydrogens is 364 g/mol. The number of carbonyl (C=O) groups is 3. The molecule has 1 aromatic rings. The number of carbonyl (C=O) groups excluding carboxylic acids is 3. The van der Waals surface area contributed by atoms with Gasteiger partial charge in [0.1, 0.15) is 12.4 Å². The van der Waals surface area contributed by atoms with Gasteiger partial charge in [0.15, 0.2) is 0 Å². The molecule has 0 radical (unpaired) electrons. The number of nitrogens with zero attached hydrogens (tertiary/aromatic N) is 1. The lowest BCUT2D eigenvalue weighted by molar-refractivity contribution is -0.132. The number of methoxy groups -OCH3 is 1. The average Bonchev–Trinajstić information content (AvgIpc) is 2.69. The van der Waals surface area contributed by atoms with Crippen molar-refractivity contribution >= 4 is 17.8 Å². The van der Waals surface area contributed by atoms with E-state index in [2.05, 4.69) is 5.32 Å². The average molecular weight is 392 g/mol. The Hall–Kier alpha value is -2.45. The van der Waals surface area contributed by atoms with E-state index in [1.807, 2.05) is 0 Å². The minimum absolute atomic E-state index is 0.0271. The van der Waals surface area contributed by atoms with Crippen molar-refractivity contribution in [1.29, 1.82) is 0 Å². The second-order valence-corrected chi connectivity index (χ2v) is 6.71. The van der Waals surface area contributed by atoms with Gasteiger partial charge in [-0.1, -0.05) is 6.07 Å². The monoisotopic (exact) mass is 392 g/mol. The molecule has 1 N–H and O–H groups in total. The maximum atomic E-state index is 12.7. The molecule has 1 aliphatic heterocycles. The van der Waals surface area contributed by atoms with Crippen LogP contribution in [0.4, 0.5) is 0 Å². The number of likely N-dealkylation sites (tertiary alicyclic amines) is 1. The van der Waals surface area contributed by atoms with E-state index in [1.165, 1.54) is 6.92 Å². The molecule has 0 bridgehead atoms. The van der Waals surface area contributed by atoms with Gasteiger partial charge in [-0.25, -0.2) is 0 Å². The van der Waals surface area contributed by atoms with Crippen molar-refractivity contribution in [2.45, 2.75) is 19.8 Å². The van der Waals surface area contributed by atoms with Gasteiger partial charge in [-0.15, -0.1) is 0 Å². The normalized spacial score (nSPS) is 14.6. The summed E-state index contributed by atoms with van der Waals surface area (Å²) in [5.41, 5.74) is 0.499. The number of hydrogen-bond donors (Lipinski definition) is 1. The fourth-order valence-corrected chi connectivity index (χ4v) is 3.00. The van der Waals surface area contributed by atoms with Crippen molar-refractivity contribution in [2.24, 2.45) is 5.92 Å². The van der Waals surface area contributed by atoms with E-state index in [-0.39, 0.29) is 18.4 Å². The van der Waals surface area contributed by atoms with E-state index in [1.54, 1.807) is 36.3 Å².